The number of rotatable bonds is 2. The molecule has 0 N–H and O–H groups in total. The maximum atomic E-state index is 13.4. The van der Waals surface area contributed by atoms with E-state index in [-0.39, 0.29) is 11.4 Å². The molecule has 2 aromatic rings. The van der Waals surface area contributed by atoms with Crippen LogP contribution < -0.4 is 0 Å². The molecule has 0 saturated heterocycles. The Labute approximate surface area is 97.7 Å². The summed E-state index contributed by atoms with van der Waals surface area (Å²) in [4.78, 5) is 10.5. The SMILES string of the molecule is Cc1cc(F)ccc1-c1ccc(C=O)c(F)c1. The average Bonchev–Trinajstić information content (AvgIpc) is 2.29. The number of halogens is 2. The lowest BCUT2D eigenvalue weighted by Crippen LogP contribution is -1.90. The van der Waals surface area contributed by atoms with E-state index < -0.39 is 5.82 Å². The molecule has 0 aliphatic rings. The van der Waals surface area contributed by atoms with E-state index in [4.69, 9.17) is 0 Å². The molecule has 0 aliphatic carbocycles. The number of aryl methyl sites for hydroxylation is 1. The van der Waals surface area contributed by atoms with Crippen LogP contribution in [0.25, 0.3) is 11.1 Å². The number of hydrogen-bond donors (Lipinski definition) is 0. The Morgan fingerprint density at radius 3 is 2.41 bits per heavy atom. The zero-order valence-electron chi connectivity index (χ0n) is 9.21. The molecule has 17 heavy (non-hydrogen) atoms. The Bertz CT molecular complexity index is 576. The van der Waals surface area contributed by atoms with Crippen LogP contribution in [-0.2, 0) is 0 Å². The minimum absolute atomic E-state index is 0.0218. The second-order valence-electron chi connectivity index (χ2n) is 3.81. The lowest BCUT2D eigenvalue weighted by atomic mass is 9.99. The van der Waals surface area contributed by atoms with Gasteiger partial charge in [0.1, 0.15) is 11.6 Å². The summed E-state index contributed by atoms with van der Waals surface area (Å²) in [6, 6.07) is 8.66. The van der Waals surface area contributed by atoms with Gasteiger partial charge in [0.25, 0.3) is 0 Å². The van der Waals surface area contributed by atoms with Crippen LogP contribution in [0, 0.1) is 18.6 Å². The van der Waals surface area contributed by atoms with Crippen LogP contribution in [0.3, 0.4) is 0 Å². The molecule has 2 aromatic carbocycles. The van der Waals surface area contributed by atoms with Crippen molar-refractivity contribution < 1.29 is 13.6 Å². The predicted molar refractivity (Wildman–Crippen MR) is 61.9 cm³/mol. The molecule has 2 rings (SSSR count). The summed E-state index contributed by atoms with van der Waals surface area (Å²) >= 11 is 0. The van der Waals surface area contributed by atoms with Crippen LogP contribution in [0.1, 0.15) is 15.9 Å². The molecule has 0 saturated carbocycles. The summed E-state index contributed by atoms with van der Waals surface area (Å²) in [6.07, 6.45) is 0.469. The molecule has 0 aliphatic heterocycles. The normalized spacial score (nSPS) is 10.3. The molecule has 0 unspecified atom stereocenters. The number of hydrogen-bond acceptors (Lipinski definition) is 1. The zero-order chi connectivity index (χ0) is 12.4. The van der Waals surface area contributed by atoms with Gasteiger partial charge in [-0.3, -0.25) is 4.79 Å². The lowest BCUT2D eigenvalue weighted by molar-refractivity contribution is 0.112. The first-order valence-electron chi connectivity index (χ1n) is 5.13. The Morgan fingerprint density at radius 1 is 1.06 bits per heavy atom. The van der Waals surface area contributed by atoms with Gasteiger partial charge in [-0.05, 0) is 47.9 Å². The highest BCUT2D eigenvalue weighted by molar-refractivity contribution is 5.78. The zero-order valence-corrected chi connectivity index (χ0v) is 9.21. The van der Waals surface area contributed by atoms with E-state index in [0.717, 1.165) is 11.1 Å². The fourth-order valence-electron chi connectivity index (χ4n) is 1.74. The molecule has 1 nitrogen and oxygen atoms in total. The van der Waals surface area contributed by atoms with E-state index in [1.54, 1.807) is 19.1 Å². The van der Waals surface area contributed by atoms with Crippen molar-refractivity contribution in [1.29, 1.82) is 0 Å². The second-order valence-corrected chi connectivity index (χ2v) is 3.81. The molecular weight excluding hydrogens is 222 g/mol. The van der Waals surface area contributed by atoms with Crippen LogP contribution in [0.4, 0.5) is 8.78 Å². The van der Waals surface area contributed by atoms with Gasteiger partial charge >= 0.3 is 0 Å². The van der Waals surface area contributed by atoms with Crippen LogP contribution >= 0.6 is 0 Å². The molecule has 0 spiro atoms. The monoisotopic (exact) mass is 232 g/mol. The van der Waals surface area contributed by atoms with Gasteiger partial charge in [0, 0.05) is 0 Å². The highest BCUT2D eigenvalue weighted by atomic mass is 19.1. The maximum absolute atomic E-state index is 13.4. The Morgan fingerprint density at radius 2 is 1.82 bits per heavy atom. The molecule has 0 aromatic heterocycles. The van der Waals surface area contributed by atoms with E-state index in [1.165, 1.54) is 24.3 Å². The van der Waals surface area contributed by atoms with Crippen molar-refractivity contribution >= 4 is 6.29 Å². The van der Waals surface area contributed by atoms with Crippen molar-refractivity contribution in [3.63, 3.8) is 0 Å². The highest BCUT2D eigenvalue weighted by Gasteiger charge is 2.07. The highest BCUT2D eigenvalue weighted by Crippen LogP contribution is 2.25. The third kappa shape index (κ3) is 2.23. The number of carbonyl (C=O) groups excluding carboxylic acids is 1. The minimum atomic E-state index is -0.568. The van der Waals surface area contributed by atoms with Crippen molar-refractivity contribution in [2.45, 2.75) is 6.92 Å². The van der Waals surface area contributed by atoms with E-state index in [0.29, 0.717) is 11.8 Å². The summed E-state index contributed by atoms with van der Waals surface area (Å²) < 4.78 is 26.4. The van der Waals surface area contributed by atoms with E-state index in [9.17, 15) is 13.6 Å². The van der Waals surface area contributed by atoms with Gasteiger partial charge in [0.15, 0.2) is 6.29 Å². The molecule has 0 atom stereocenters. The summed E-state index contributed by atoms with van der Waals surface area (Å²) in [7, 11) is 0. The minimum Gasteiger partial charge on any atom is -0.298 e. The van der Waals surface area contributed by atoms with Crippen molar-refractivity contribution in [3.05, 3.63) is 59.2 Å². The summed E-state index contributed by atoms with van der Waals surface area (Å²) in [5, 5.41) is 0. The van der Waals surface area contributed by atoms with Gasteiger partial charge < -0.3 is 0 Å². The molecule has 0 amide bonds. The van der Waals surface area contributed by atoms with Gasteiger partial charge in [-0.15, -0.1) is 0 Å². The predicted octanol–water partition coefficient (Wildman–Crippen LogP) is 3.75. The molecule has 86 valence electrons. The van der Waals surface area contributed by atoms with Gasteiger partial charge in [-0.1, -0.05) is 12.1 Å². The van der Waals surface area contributed by atoms with Crippen molar-refractivity contribution in [3.8, 4) is 11.1 Å². The Balaban J connectivity index is 2.53. The molecule has 0 radical (unpaired) electrons. The van der Waals surface area contributed by atoms with Crippen LogP contribution in [0.5, 0.6) is 0 Å². The van der Waals surface area contributed by atoms with Crippen molar-refractivity contribution in [2.75, 3.05) is 0 Å². The molecular formula is C14H10F2O. The maximum Gasteiger partial charge on any atom is 0.152 e. The summed E-state index contributed by atoms with van der Waals surface area (Å²) in [5.74, 6) is -0.891. The summed E-state index contributed by atoms with van der Waals surface area (Å²) in [6.45, 7) is 1.75. The molecule has 0 heterocycles. The third-order valence-electron chi connectivity index (χ3n) is 2.63. The van der Waals surface area contributed by atoms with Gasteiger partial charge in [0.05, 0.1) is 5.56 Å². The van der Waals surface area contributed by atoms with Crippen LogP contribution in [0.15, 0.2) is 36.4 Å². The molecule has 3 heteroatoms. The van der Waals surface area contributed by atoms with Crippen LogP contribution in [-0.4, -0.2) is 6.29 Å². The average molecular weight is 232 g/mol. The first-order chi connectivity index (χ1) is 8.11. The fourth-order valence-corrected chi connectivity index (χ4v) is 1.74. The lowest BCUT2D eigenvalue weighted by Gasteiger charge is -2.07. The van der Waals surface area contributed by atoms with E-state index in [1.807, 2.05) is 0 Å². The van der Waals surface area contributed by atoms with Gasteiger partial charge in [-0.2, -0.15) is 0 Å². The number of benzene rings is 2. The van der Waals surface area contributed by atoms with E-state index in [2.05, 4.69) is 0 Å². The number of carbonyl (C=O) groups is 1. The quantitative estimate of drug-likeness (QED) is 0.720. The van der Waals surface area contributed by atoms with Crippen LogP contribution in [0.2, 0.25) is 0 Å². The van der Waals surface area contributed by atoms with Gasteiger partial charge in [0.2, 0.25) is 0 Å². The van der Waals surface area contributed by atoms with E-state index >= 15 is 0 Å². The topological polar surface area (TPSA) is 17.1 Å². The number of aldehydes is 1. The van der Waals surface area contributed by atoms with Crippen molar-refractivity contribution in [1.82, 2.24) is 0 Å². The first-order valence-corrected chi connectivity index (χ1v) is 5.13. The molecule has 0 bridgehead atoms. The molecule has 0 fully saturated rings. The van der Waals surface area contributed by atoms with Crippen molar-refractivity contribution in [2.24, 2.45) is 0 Å². The van der Waals surface area contributed by atoms with Gasteiger partial charge in [-0.25, -0.2) is 8.78 Å². The fraction of sp³-hybridized carbons (Fsp3) is 0.0714. The first kappa shape index (κ1) is 11.5. The Kier molecular flexibility index (Phi) is 3.00. The second kappa shape index (κ2) is 4.45. The third-order valence-corrected chi connectivity index (χ3v) is 2.63. The Hall–Kier alpha value is -2.03. The largest absolute Gasteiger partial charge is 0.298 e. The standard InChI is InChI=1S/C14H10F2O/c1-9-6-12(15)4-5-13(9)10-2-3-11(8-17)14(16)7-10/h2-8H,1H3. The smallest absolute Gasteiger partial charge is 0.152 e. The summed E-state index contributed by atoms with van der Waals surface area (Å²) in [5.41, 5.74) is 2.13.